The average molecular weight is 275 g/mol. The van der Waals surface area contributed by atoms with Crippen LogP contribution in [0, 0.1) is 5.41 Å². The van der Waals surface area contributed by atoms with Gasteiger partial charge in [0.15, 0.2) is 0 Å². The van der Waals surface area contributed by atoms with Crippen LogP contribution in [-0.4, -0.2) is 19.0 Å². The summed E-state index contributed by atoms with van der Waals surface area (Å²) in [5.41, 5.74) is 3.40. The summed E-state index contributed by atoms with van der Waals surface area (Å²) in [6.07, 6.45) is 1.86. The predicted molar refractivity (Wildman–Crippen MR) is 78.3 cm³/mol. The van der Waals surface area contributed by atoms with Crippen LogP contribution in [-0.2, 0) is 4.79 Å². The first-order valence-electron chi connectivity index (χ1n) is 6.08. The number of halogens is 1. The van der Waals surface area contributed by atoms with Gasteiger partial charge in [-0.15, -0.1) is 0 Å². The highest BCUT2D eigenvalue weighted by molar-refractivity contribution is 6.39. The molecule has 1 aliphatic carbocycles. The van der Waals surface area contributed by atoms with Crippen molar-refractivity contribution < 1.29 is 4.79 Å². The van der Waals surface area contributed by atoms with Gasteiger partial charge in [0.2, 0.25) is 0 Å². The predicted octanol–water partition coefficient (Wildman–Crippen LogP) is 3.12. The molecule has 0 saturated carbocycles. The standard InChI is InChI=1S/C15H15ClN2O/c1-18-15(10-5-3-2-4-6-10)13-12(17)8-7-11(9-19)14(13)16/h2-6,9,17-18H,7-8H2,1H3/b15-13+,17-12?. The maximum absolute atomic E-state index is 11.0. The summed E-state index contributed by atoms with van der Waals surface area (Å²) in [6.45, 7) is 0. The molecule has 1 aromatic carbocycles. The minimum atomic E-state index is 0.388. The van der Waals surface area contributed by atoms with Crippen LogP contribution in [0.2, 0.25) is 0 Å². The molecule has 0 spiro atoms. The summed E-state index contributed by atoms with van der Waals surface area (Å²) in [5, 5.41) is 11.6. The minimum absolute atomic E-state index is 0.388. The number of carbonyl (C=O) groups excluding carboxylic acids is 1. The number of allylic oxidation sites excluding steroid dienone is 3. The summed E-state index contributed by atoms with van der Waals surface area (Å²) in [5.74, 6) is 0. The van der Waals surface area contributed by atoms with Crippen molar-refractivity contribution in [1.82, 2.24) is 5.32 Å². The fourth-order valence-electron chi connectivity index (χ4n) is 2.18. The molecule has 0 fully saturated rings. The second-order valence-electron chi connectivity index (χ2n) is 4.30. The lowest BCUT2D eigenvalue weighted by Crippen LogP contribution is -2.18. The van der Waals surface area contributed by atoms with Crippen molar-refractivity contribution in [2.45, 2.75) is 12.8 Å². The van der Waals surface area contributed by atoms with Gasteiger partial charge in [-0.2, -0.15) is 0 Å². The number of benzene rings is 1. The highest BCUT2D eigenvalue weighted by Gasteiger charge is 2.23. The van der Waals surface area contributed by atoms with Crippen LogP contribution in [0.4, 0.5) is 0 Å². The second kappa shape index (κ2) is 5.85. The van der Waals surface area contributed by atoms with Crippen LogP contribution in [0.1, 0.15) is 18.4 Å². The summed E-state index contributed by atoms with van der Waals surface area (Å²) in [6, 6.07) is 9.69. The van der Waals surface area contributed by atoms with Gasteiger partial charge in [0.1, 0.15) is 6.29 Å². The first kappa shape index (κ1) is 13.6. The quantitative estimate of drug-likeness (QED) is 0.832. The number of carbonyl (C=O) groups is 1. The van der Waals surface area contributed by atoms with Crippen LogP contribution < -0.4 is 5.32 Å². The molecule has 0 amide bonds. The van der Waals surface area contributed by atoms with E-state index in [0.717, 1.165) is 17.5 Å². The Hall–Kier alpha value is -1.87. The highest BCUT2D eigenvalue weighted by Crippen LogP contribution is 2.33. The molecule has 1 aliphatic rings. The van der Waals surface area contributed by atoms with E-state index in [0.29, 0.717) is 34.7 Å². The number of hydrogen-bond acceptors (Lipinski definition) is 3. The fraction of sp³-hybridized carbons (Fsp3) is 0.200. The van der Waals surface area contributed by atoms with E-state index in [1.165, 1.54) is 0 Å². The van der Waals surface area contributed by atoms with Crippen molar-refractivity contribution in [1.29, 1.82) is 5.41 Å². The number of hydrogen-bond donors (Lipinski definition) is 2. The first-order valence-corrected chi connectivity index (χ1v) is 6.46. The lowest BCUT2D eigenvalue weighted by atomic mass is 9.90. The Kier molecular flexibility index (Phi) is 4.17. The van der Waals surface area contributed by atoms with Gasteiger partial charge in [0, 0.05) is 23.9 Å². The van der Waals surface area contributed by atoms with Crippen molar-refractivity contribution in [2.24, 2.45) is 0 Å². The van der Waals surface area contributed by atoms with E-state index in [1.54, 1.807) is 7.05 Å². The topological polar surface area (TPSA) is 53.0 Å². The highest BCUT2D eigenvalue weighted by atomic mass is 35.5. The number of rotatable bonds is 3. The molecule has 0 atom stereocenters. The molecule has 0 aliphatic heterocycles. The molecular formula is C15H15ClN2O. The molecule has 1 aromatic rings. The molecule has 98 valence electrons. The molecule has 2 rings (SSSR count). The molecular weight excluding hydrogens is 260 g/mol. The minimum Gasteiger partial charge on any atom is -0.387 e. The lowest BCUT2D eigenvalue weighted by molar-refractivity contribution is -0.105. The largest absolute Gasteiger partial charge is 0.387 e. The van der Waals surface area contributed by atoms with Gasteiger partial charge in [0.05, 0.1) is 10.7 Å². The summed E-state index contributed by atoms with van der Waals surface area (Å²) in [4.78, 5) is 11.0. The SMILES string of the molecule is CN/C(=C1\C(=N)CCC(C=O)=C1Cl)c1ccccc1. The Morgan fingerprint density at radius 1 is 1.32 bits per heavy atom. The van der Waals surface area contributed by atoms with E-state index >= 15 is 0 Å². The molecule has 0 aromatic heterocycles. The van der Waals surface area contributed by atoms with Crippen LogP contribution >= 0.6 is 11.6 Å². The van der Waals surface area contributed by atoms with Crippen molar-refractivity contribution in [3.63, 3.8) is 0 Å². The Morgan fingerprint density at radius 3 is 2.58 bits per heavy atom. The third-order valence-electron chi connectivity index (χ3n) is 3.15. The Morgan fingerprint density at radius 2 is 2.00 bits per heavy atom. The molecule has 2 N–H and O–H groups in total. The molecule has 4 heteroatoms. The average Bonchev–Trinajstić information content (AvgIpc) is 2.44. The van der Waals surface area contributed by atoms with Gasteiger partial charge in [0.25, 0.3) is 0 Å². The van der Waals surface area contributed by atoms with Crippen molar-refractivity contribution in [2.75, 3.05) is 7.05 Å². The van der Waals surface area contributed by atoms with Crippen LogP contribution in [0.5, 0.6) is 0 Å². The van der Waals surface area contributed by atoms with Gasteiger partial charge in [-0.05, 0) is 18.4 Å². The van der Waals surface area contributed by atoms with Crippen LogP contribution in [0.15, 0.2) is 46.5 Å². The lowest BCUT2D eigenvalue weighted by Gasteiger charge is -2.21. The Balaban J connectivity index is 2.65. The maximum Gasteiger partial charge on any atom is 0.147 e. The molecule has 0 bridgehead atoms. The molecule has 0 heterocycles. The van der Waals surface area contributed by atoms with Gasteiger partial charge in [-0.3, -0.25) is 4.79 Å². The van der Waals surface area contributed by atoms with E-state index in [9.17, 15) is 4.79 Å². The summed E-state index contributed by atoms with van der Waals surface area (Å²) < 4.78 is 0. The molecule has 0 radical (unpaired) electrons. The van der Waals surface area contributed by atoms with E-state index in [2.05, 4.69) is 5.32 Å². The van der Waals surface area contributed by atoms with Crippen LogP contribution in [0.3, 0.4) is 0 Å². The van der Waals surface area contributed by atoms with Gasteiger partial charge in [-0.1, -0.05) is 41.9 Å². The van der Waals surface area contributed by atoms with E-state index in [1.807, 2.05) is 30.3 Å². The maximum atomic E-state index is 11.0. The third-order valence-corrected chi connectivity index (χ3v) is 3.58. The zero-order chi connectivity index (χ0) is 13.8. The Labute approximate surface area is 117 Å². The molecule has 3 nitrogen and oxygen atoms in total. The summed E-state index contributed by atoms with van der Waals surface area (Å²) in [7, 11) is 1.79. The van der Waals surface area contributed by atoms with Crippen LogP contribution in [0.25, 0.3) is 5.70 Å². The van der Waals surface area contributed by atoms with Crippen molar-refractivity contribution >= 4 is 29.3 Å². The number of nitrogens with one attached hydrogen (secondary N) is 2. The molecule has 0 unspecified atom stereocenters. The summed E-state index contributed by atoms with van der Waals surface area (Å²) >= 11 is 6.28. The van der Waals surface area contributed by atoms with Crippen molar-refractivity contribution in [3.05, 3.63) is 52.1 Å². The van der Waals surface area contributed by atoms with Gasteiger partial charge in [-0.25, -0.2) is 0 Å². The van der Waals surface area contributed by atoms with Gasteiger partial charge < -0.3 is 10.7 Å². The second-order valence-corrected chi connectivity index (χ2v) is 4.68. The normalized spacial score (nSPS) is 18.3. The molecule has 0 saturated heterocycles. The smallest absolute Gasteiger partial charge is 0.147 e. The third kappa shape index (κ3) is 2.61. The van der Waals surface area contributed by atoms with Gasteiger partial charge >= 0.3 is 0 Å². The number of aldehydes is 1. The zero-order valence-corrected chi connectivity index (χ0v) is 11.4. The monoisotopic (exact) mass is 274 g/mol. The zero-order valence-electron chi connectivity index (χ0n) is 10.7. The van der Waals surface area contributed by atoms with Crippen molar-refractivity contribution in [3.8, 4) is 0 Å². The first-order chi connectivity index (χ1) is 9.19. The molecule has 19 heavy (non-hydrogen) atoms. The fourth-order valence-corrected chi connectivity index (χ4v) is 2.52. The van der Waals surface area contributed by atoms with E-state index in [-0.39, 0.29) is 0 Å². The van der Waals surface area contributed by atoms with E-state index in [4.69, 9.17) is 17.0 Å². The Bertz CT molecular complexity index is 573. The van der Waals surface area contributed by atoms with E-state index < -0.39 is 0 Å².